The van der Waals surface area contributed by atoms with Gasteiger partial charge in [-0.25, -0.2) is 12.7 Å². The number of sulfonamides is 1. The van der Waals surface area contributed by atoms with E-state index in [1.807, 2.05) is 0 Å². The summed E-state index contributed by atoms with van der Waals surface area (Å²) in [7, 11) is -1.61. The van der Waals surface area contributed by atoms with Crippen LogP contribution in [0.3, 0.4) is 0 Å². The first-order chi connectivity index (χ1) is 12.1. The number of likely N-dealkylation sites (tertiary alicyclic amines) is 1. The smallest absolute Gasteiger partial charge is 0.263 e. The monoisotopic (exact) mass is 422 g/mol. The van der Waals surface area contributed by atoms with Gasteiger partial charge in [0.2, 0.25) is 10.0 Å². The number of nitrogens with zero attached hydrogens (tertiary/aromatic N) is 2. The molecule has 1 aliphatic heterocycles. The number of carbonyl (C=O) groups is 1. The van der Waals surface area contributed by atoms with Gasteiger partial charge in [-0.1, -0.05) is 23.2 Å². The van der Waals surface area contributed by atoms with Crippen LogP contribution in [0.25, 0.3) is 0 Å². The Morgan fingerprint density at radius 3 is 2.31 bits per heavy atom. The van der Waals surface area contributed by atoms with Gasteiger partial charge in [-0.05, 0) is 44.9 Å². The van der Waals surface area contributed by atoms with Crippen molar-refractivity contribution >= 4 is 39.1 Å². The zero-order chi connectivity index (χ0) is 19.5. The molecule has 1 fully saturated rings. The molecule has 0 spiro atoms. The quantitative estimate of drug-likeness (QED) is 0.706. The highest BCUT2D eigenvalue weighted by Crippen LogP contribution is 2.26. The predicted molar refractivity (Wildman–Crippen MR) is 103 cm³/mol. The van der Waals surface area contributed by atoms with E-state index in [4.69, 9.17) is 27.9 Å². The molecular weight excluding hydrogens is 399 g/mol. The van der Waals surface area contributed by atoms with Gasteiger partial charge in [0.05, 0.1) is 5.75 Å². The van der Waals surface area contributed by atoms with E-state index in [9.17, 15) is 13.2 Å². The topological polar surface area (TPSA) is 66.9 Å². The predicted octanol–water partition coefficient (Wildman–Crippen LogP) is 3.03. The Labute approximate surface area is 165 Å². The van der Waals surface area contributed by atoms with Crippen LogP contribution in [0.15, 0.2) is 18.2 Å². The summed E-state index contributed by atoms with van der Waals surface area (Å²) in [6.45, 7) is 4.30. The average molecular weight is 423 g/mol. The normalized spacial score (nSPS) is 17.4. The minimum absolute atomic E-state index is 0.0769. The number of carbonyl (C=O) groups excluding carboxylic acids is 1. The molecule has 146 valence electrons. The molecule has 1 unspecified atom stereocenters. The molecule has 6 nitrogen and oxygen atoms in total. The highest BCUT2D eigenvalue weighted by atomic mass is 35.5. The van der Waals surface area contributed by atoms with E-state index in [0.29, 0.717) is 41.7 Å². The van der Waals surface area contributed by atoms with Gasteiger partial charge in [0.25, 0.3) is 5.91 Å². The fourth-order valence-electron chi connectivity index (χ4n) is 2.99. The van der Waals surface area contributed by atoms with Crippen LogP contribution in [-0.2, 0) is 14.8 Å². The highest BCUT2D eigenvalue weighted by Gasteiger charge is 2.32. The molecule has 1 amide bonds. The summed E-state index contributed by atoms with van der Waals surface area (Å²) in [4.78, 5) is 14.3. The third kappa shape index (κ3) is 5.25. The number of halogens is 2. The van der Waals surface area contributed by atoms with Crippen LogP contribution in [0.1, 0.15) is 26.7 Å². The molecular formula is C17H24Cl2N2O4S. The lowest BCUT2D eigenvalue weighted by Crippen LogP contribution is -2.50. The molecule has 0 aromatic heterocycles. The zero-order valence-electron chi connectivity index (χ0n) is 15.1. The first-order valence-electron chi connectivity index (χ1n) is 8.51. The molecule has 1 atom stereocenters. The average Bonchev–Trinajstić information content (AvgIpc) is 2.59. The van der Waals surface area contributed by atoms with E-state index in [0.717, 1.165) is 0 Å². The first kappa shape index (κ1) is 21.3. The number of benzene rings is 1. The third-order valence-electron chi connectivity index (χ3n) is 4.59. The second-order valence-corrected chi connectivity index (χ2v) is 9.53. The van der Waals surface area contributed by atoms with Crippen LogP contribution >= 0.6 is 23.2 Å². The number of amides is 1. The van der Waals surface area contributed by atoms with Crippen molar-refractivity contribution in [2.24, 2.45) is 0 Å². The molecule has 2 rings (SSSR count). The van der Waals surface area contributed by atoms with Gasteiger partial charge < -0.3 is 9.64 Å². The van der Waals surface area contributed by atoms with E-state index in [1.54, 1.807) is 44.0 Å². The number of piperidine rings is 1. The molecule has 0 N–H and O–H groups in total. The summed E-state index contributed by atoms with van der Waals surface area (Å²) in [5.74, 6) is 0.378. The Hall–Kier alpha value is -1.02. The minimum atomic E-state index is -3.22. The molecule has 0 radical (unpaired) electrons. The molecule has 26 heavy (non-hydrogen) atoms. The Morgan fingerprint density at radius 1 is 1.27 bits per heavy atom. The Morgan fingerprint density at radius 2 is 1.81 bits per heavy atom. The Bertz CT molecular complexity index is 729. The van der Waals surface area contributed by atoms with Crippen LogP contribution < -0.4 is 4.74 Å². The maximum absolute atomic E-state index is 12.6. The number of rotatable bonds is 6. The van der Waals surface area contributed by atoms with Crippen molar-refractivity contribution in [1.82, 2.24) is 9.21 Å². The van der Waals surface area contributed by atoms with E-state index in [1.165, 1.54) is 4.31 Å². The van der Waals surface area contributed by atoms with E-state index >= 15 is 0 Å². The lowest BCUT2D eigenvalue weighted by Gasteiger charge is -2.36. The summed E-state index contributed by atoms with van der Waals surface area (Å²) in [6, 6.07) is 4.72. The standard InChI is InChI=1S/C17H24Cl2N2O4S/c1-4-26(23,24)20(3)15-5-7-21(8-6-15)17(22)12(2)25-16-10-13(18)9-14(19)11-16/h9-12,15H,4-8H2,1-3H3. The Kier molecular flexibility index (Phi) is 7.19. The largest absolute Gasteiger partial charge is 0.481 e. The lowest BCUT2D eigenvalue weighted by atomic mass is 10.0. The molecule has 1 aromatic carbocycles. The van der Waals surface area contributed by atoms with Crippen molar-refractivity contribution in [2.75, 3.05) is 25.9 Å². The number of hydrogen-bond donors (Lipinski definition) is 0. The maximum atomic E-state index is 12.6. The van der Waals surface area contributed by atoms with Gasteiger partial charge in [-0.2, -0.15) is 0 Å². The second-order valence-electron chi connectivity index (χ2n) is 6.34. The van der Waals surface area contributed by atoms with Gasteiger partial charge in [-0.3, -0.25) is 4.79 Å². The van der Waals surface area contributed by atoms with Crippen molar-refractivity contribution in [3.8, 4) is 5.75 Å². The van der Waals surface area contributed by atoms with Crippen LogP contribution in [0.5, 0.6) is 5.75 Å². The van der Waals surface area contributed by atoms with Crippen molar-refractivity contribution in [2.45, 2.75) is 38.8 Å². The van der Waals surface area contributed by atoms with E-state index in [-0.39, 0.29) is 17.7 Å². The molecule has 1 aliphatic rings. The fraction of sp³-hybridized carbons (Fsp3) is 0.588. The molecule has 1 heterocycles. The molecule has 9 heteroatoms. The van der Waals surface area contributed by atoms with Gasteiger partial charge in [0.1, 0.15) is 5.75 Å². The van der Waals surface area contributed by atoms with E-state index < -0.39 is 16.1 Å². The number of ether oxygens (including phenoxy) is 1. The first-order valence-corrected chi connectivity index (χ1v) is 10.9. The van der Waals surface area contributed by atoms with Gasteiger partial charge in [0.15, 0.2) is 6.10 Å². The van der Waals surface area contributed by atoms with Gasteiger partial charge in [0, 0.05) is 36.2 Å². The summed E-state index contributed by atoms with van der Waals surface area (Å²) in [5.41, 5.74) is 0. The molecule has 1 aromatic rings. The summed E-state index contributed by atoms with van der Waals surface area (Å²) in [6.07, 6.45) is 0.534. The maximum Gasteiger partial charge on any atom is 0.263 e. The second kappa shape index (κ2) is 8.78. The zero-order valence-corrected chi connectivity index (χ0v) is 17.4. The van der Waals surface area contributed by atoms with Crippen LogP contribution in [-0.4, -0.2) is 61.6 Å². The minimum Gasteiger partial charge on any atom is -0.481 e. The summed E-state index contributed by atoms with van der Waals surface area (Å²) >= 11 is 11.9. The van der Waals surface area contributed by atoms with Crippen molar-refractivity contribution in [3.05, 3.63) is 28.2 Å². The lowest BCUT2D eigenvalue weighted by molar-refractivity contribution is -0.139. The molecule has 1 saturated heterocycles. The van der Waals surface area contributed by atoms with Crippen molar-refractivity contribution < 1.29 is 17.9 Å². The van der Waals surface area contributed by atoms with Crippen LogP contribution in [0, 0.1) is 0 Å². The molecule has 0 saturated carbocycles. The van der Waals surface area contributed by atoms with Crippen molar-refractivity contribution in [3.63, 3.8) is 0 Å². The van der Waals surface area contributed by atoms with Gasteiger partial charge in [-0.15, -0.1) is 0 Å². The third-order valence-corrected chi connectivity index (χ3v) is 6.93. The summed E-state index contributed by atoms with van der Waals surface area (Å²) < 4.78 is 31.1. The number of hydrogen-bond acceptors (Lipinski definition) is 4. The Balaban J connectivity index is 1.93. The van der Waals surface area contributed by atoms with Crippen LogP contribution in [0.2, 0.25) is 10.0 Å². The van der Waals surface area contributed by atoms with E-state index in [2.05, 4.69) is 0 Å². The van der Waals surface area contributed by atoms with Gasteiger partial charge >= 0.3 is 0 Å². The SMILES string of the molecule is CCS(=O)(=O)N(C)C1CCN(C(=O)C(C)Oc2cc(Cl)cc(Cl)c2)CC1. The van der Waals surface area contributed by atoms with Crippen molar-refractivity contribution in [1.29, 1.82) is 0 Å². The van der Waals surface area contributed by atoms with Crippen LogP contribution in [0.4, 0.5) is 0 Å². The highest BCUT2D eigenvalue weighted by molar-refractivity contribution is 7.89. The fourth-order valence-corrected chi connectivity index (χ4v) is 4.57. The summed E-state index contributed by atoms with van der Waals surface area (Å²) in [5, 5.41) is 0.876. The molecule has 0 bridgehead atoms. The molecule has 0 aliphatic carbocycles.